The van der Waals surface area contributed by atoms with Crippen LogP contribution >= 0.6 is 0 Å². The molecule has 0 saturated carbocycles. The highest BCUT2D eigenvalue weighted by Crippen LogP contribution is 2.03. The predicted octanol–water partition coefficient (Wildman–Crippen LogP) is 3.67. The molecule has 0 rings (SSSR count). The third kappa shape index (κ3) is 10.8. The molecule has 0 aromatic heterocycles. The maximum absolute atomic E-state index is 3.63. The molecule has 0 radical (unpaired) electrons. The standard InChI is InChI=1S/C15H34N2/c1-6-7-8-11-15(4)16-12-9-10-13-17(5)14(2)3/h14-16H,6-13H2,1-5H3. The molecular weight excluding hydrogens is 208 g/mol. The van der Waals surface area contributed by atoms with E-state index < -0.39 is 0 Å². The summed E-state index contributed by atoms with van der Waals surface area (Å²) in [5.74, 6) is 0. The van der Waals surface area contributed by atoms with Gasteiger partial charge in [0, 0.05) is 12.1 Å². The first-order chi connectivity index (χ1) is 8.07. The van der Waals surface area contributed by atoms with Gasteiger partial charge < -0.3 is 10.2 Å². The average Bonchev–Trinajstić information content (AvgIpc) is 2.28. The van der Waals surface area contributed by atoms with Gasteiger partial charge in [0.15, 0.2) is 0 Å². The highest BCUT2D eigenvalue weighted by molar-refractivity contribution is 4.62. The second-order valence-corrected chi connectivity index (χ2v) is 5.63. The van der Waals surface area contributed by atoms with Gasteiger partial charge in [-0.2, -0.15) is 0 Å². The zero-order valence-corrected chi connectivity index (χ0v) is 12.8. The van der Waals surface area contributed by atoms with Crippen LogP contribution in [0.5, 0.6) is 0 Å². The van der Waals surface area contributed by atoms with Crippen LogP contribution in [0, 0.1) is 0 Å². The first-order valence-corrected chi connectivity index (χ1v) is 7.51. The number of nitrogens with zero attached hydrogens (tertiary/aromatic N) is 1. The van der Waals surface area contributed by atoms with Gasteiger partial charge in [0.2, 0.25) is 0 Å². The van der Waals surface area contributed by atoms with E-state index in [-0.39, 0.29) is 0 Å². The molecule has 1 unspecified atom stereocenters. The molecule has 0 bridgehead atoms. The van der Waals surface area contributed by atoms with Gasteiger partial charge in [0.1, 0.15) is 0 Å². The Bertz CT molecular complexity index is 157. The fraction of sp³-hybridized carbons (Fsp3) is 1.00. The van der Waals surface area contributed by atoms with E-state index in [0.717, 1.165) is 0 Å². The van der Waals surface area contributed by atoms with Gasteiger partial charge >= 0.3 is 0 Å². The summed E-state index contributed by atoms with van der Waals surface area (Å²) in [6.45, 7) is 11.5. The molecule has 0 aliphatic rings. The van der Waals surface area contributed by atoms with Gasteiger partial charge in [-0.1, -0.05) is 26.2 Å². The predicted molar refractivity (Wildman–Crippen MR) is 78.6 cm³/mol. The van der Waals surface area contributed by atoms with Gasteiger partial charge in [-0.25, -0.2) is 0 Å². The molecule has 1 N–H and O–H groups in total. The molecule has 0 saturated heterocycles. The Morgan fingerprint density at radius 1 is 1.00 bits per heavy atom. The highest BCUT2D eigenvalue weighted by atomic mass is 15.1. The molecular formula is C15H34N2. The van der Waals surface area contributed by atoms with Crippen molar-refractivity contribution in [1.29, 1.82) is 0 Å². The van der Waals surface area contributed by atoms with Crippen LogP contribution in [0.1, 0.15) is 66.2 Å². The lowest BCUT2D eigenvalue weighted by atomic mass is 10.1. The summed E-state index contributed by atoms with van der Waals surface area (Å²) in [4.78, 5) is 2.42. The Labute approximate surface area is 109 Å². The van der Waals surface area contributed by atoms with Gasteiger partial charge in [0.25, 0.3) is 0 Å². The first kappa shape index (κ1) is 16.9. The number of hydrogen-bond acceptors (Lipinski definition) is 2. The third-order valence-corrected chi connectivity index (χ3v) is 3.55. The third-order valence-electron chi connectivity index (χ3n) is 3.55. The Morgan fingerprint density at radius 3 is 2.29 bits per heavy atom. The molecule has 0 heterocycles. The highest BCUT2D eigenvalue weighted by Gasteiger charge is 2.03. The quantitative estimate of drug-likeness (QED) is 0.556. The number of unbranched alkanes of at least 4 members (excludes halogenated alkanes) is 3. The molecule has 0 aromatic rings. The second kappa shape index (κ2) is 11.0. The molecule has 2 nitrogen and oxygen atoms in total. The summed E-state index contributed by atoms with van der Waals surface area (Å²) in [5.41, 5.74) is 0. The van der Waals surface area contributed by atoms with E-state index >= 15 is 0 Å². The van der Waals surface area contributed by atoms with Crippen LogP contribution in [0.25, 0.3) is 0 Å². The number of nitrogens with one attached hydrogen (secondary N) is 1. The van der Waals surface area contributed by atoms with Crippen molar-refractivity contribution in [2.24, 2.45) is 0 Å². The smallest absolute Gasteiger partial charge is 0.00387 e. The normalized spacial score (nSPS) is 13.6. The summed E-state index contributed by atoms with van der Waals surface area (Å²) < 4.78 is 0. The molecule has 0 aromatic carbocycles. The van der Waals surface area contributed by atoms with Crippen LogP contribution in [0.4, 0.5) is 0 Å². The SMILES string of the molecule is CCCCCC(C)NCCCCN(C)C(C)C. The second-order valence-electron chi connectivity index (χ2n) is 5.63. The minimum Gasteiger partial charge on any atom is -0.314 e. The lowest BCUT2D eigenvalue weighted by Gasteiger charge is -2.21. The molecule has 0 aliphatic heterocycles. The van der Waals surface area contributed by atoms with Crippen molar-refractivity contribution in [3.05, 3.63) is 0 Å². The molecule has 2 heteroatoms. The first-order valence-electron chi connectivity index (χ1n) is 7.51. The van der Waals surface area contributed by atoms with E-state index in [9.17, 15) is 0 Å². The zero-order valence-electron chi connectivity index (χ0n) is 12.8. The van der Waals surface area contributed by atoms with E-state index in [1.807, 2.05) is 0 Å². The Balaban J connectivity index is 3.27. The van der Waals surface area contributed by atoms with Gasteiger partial charge in [-0.15, -0.1) is 0 Å². The van der Waals surface area contributed by atoms with Crippen LogP contribution in [0.2, 0.25) is 0 Å². The maximum atomic E-state index is 3.63. The lowest BCUT2D eigenvalue weighted by Crippen LogP contribution is -2.29. The largest absolute Gasteiger partial charge is 0.314 e. The summed E-state index contributed by atoms with van der Waals surface area (Å²) in [6, 6.07) is 1.38. The van der Waals surface area contributed by atoms with E-state index in [1.54, 1.807) is 0 Å². The summed E-state index contributed by atoms with van der Waals surface area (Å²) >= 11 is 0. The van der Waals surface area contributed by atoms with Crippen molar-refractivity contribution in [3.8, 4) is 0 Å². The Kier molecular flexibility index (Phi) is 11.0. The van der Waals surface area contributed by atoms with Crippen LogP contribution in [0.3, 0.4) is 0 Å². The fourth-order valence-corrected chi connectivity index (χ4v) is 1.90. The molecule has 0 aliphatic carbocycles. The van der Waals surface area contributed by atoms with E-state index in [0.29, 0.717) is 12.1 Å². The van der Waals surface area contributed by atoms with Crippen molar-refractivity contribution in [2.75, 3.05) is 20.1 Å². The minimum atomic E-state index is 0.677. The van der Waals surface area contributed by atoms with Crippen LogP contribution in [-0.2, 0) is 0 Å². The molecule has 0 spiro atoms. The van der Waals surface area contributed by atoms with E-state index in [4.69, 9.17) is 0 Å². The molecule has 17 heavy (non-hydrogen) atoms. The lowest BCUT2D eigenvalue weighted by molar-refractivity contribution is 0.267. The van der Waals surface area contributed by atoms with Crippen molar-refractivity contribution >= 4 is 0 Å². The summed E-state index contributed by atoms with van der Waals surface area (Å²) in [7, 11) is 2.21. The number of rotatable bonds is 11. The monoisotopic (exact) mass is 242 g/mol. The number of hydrogen-bond donors (Lipinski definition) is 1. The van der Waals surface area contributed by atoms with Crippen molar-refractivity contribution in [3.63, 3.8) is 0 Å². The maximum Gasteiger partial charge on any atom is 0.00387 e. The minimum absolute atomic E-state index is 0.677. The van der Waals surface area contributed by atoms with Crippen LogP contribution < -0.4 is 5.32 Å². The fourth-order valence-electron chi connectivity index (χ4n) is 1.90. The molecule has 0 fully saturated rings. The van der Waals surface area contributed by atoms with Gasteiger partial charge in [-0.05, 0) is 60.2 Å². The Hall–Kier alpha value is -0.0800. The topological polar surface area (TPSA) is 15.3 Å². The van der Waals surface area contributed by atoms with Crippen LogP contribution in [0.15, 0.2) is 0 Å². The summed E-state index contributed by atoms with van der Waals surface area (Å²) in [6.07, 6.45) is 8.03. The van der Waals surface area contributed by atoms with Crippen molar-refractivity contribution < 1.29 is 0 Å². The summed E-state index contributed by atoms with van der Waals surface area (Å²) in [5, 5.41) is 3.63. The van der Waals surface area contributed by atoms with Crippen molar-refractivity contribution in [2.45, 2.75) is 78.3 Å². The zero-order chi connectivity index (χ0) is 13.1. The van der Waals surface area contributed by atoms with E-state index in [1.165, 1.54) is 51.6 Å². The average molecular weight is 242 g/mol. The molecule has 0 amide bonds. The van der Waals surface area contributed by atoms with Crippen molar-refractivity contribution in [1.82, 2.24) is 10.2 Å². The Morgan fingerprint density at radius 2 is 1.71 bits per heavy atom. The van der Waals surface area contributed by atoms with E-state index in [2.05, 4.69) is 45.0 Å². The van der Waals surface area contributed by atoms with Gasteiger partial charge in [-0.3, -0.25) is 0 Å². The molecule has 1 atom stereocenters. The molecule has 104 valence electrons. The van der Waals surface area contributed by atoms with Crippen LogP contribution in [-0.4, -0.2) is 37.1 Å². The van der Waals surface area contributed by atoms with Gasteiger partial charge in [0.05, 0.1) is 0 Å².